The van der Waals surface area contributed by atoms with Crippen LogP contribution in [0.3, 0.4) is 0 Å². The topological polar surface area (TPSA) is 29.1 Å². The Morgan fingerprint density at radius 2 is 1.88 bits per heavy atom. The summed E-state index contributed by atoms with van der Waals surface area (Å²) in [5.74, 6) is 0.893. The van der Waals surface area contributed by atoms with Crippen molar-refractivity contribution in [2.75, 3.05) is 19.3 Å². The number of hydrogen-bond acceptors (Lipinski definition) is 2. The van der Waals surface area contributed by atoms with Gasteiger partial charge in [-0.25, -0.2) is 0 Å². The first-order valence-corrected chi connectivity index (χ1v) is 8.35. The summed E-state index contributed by atoms with van der Waals surface area (Å²) in [5.41, 5.74) is 0. The van der Waals surface area contributed by atoms with Crippen molar-refractivity contribution in [3.8, 4) is 0 Å². The van der Waals surface area contributed by atoms with E-state index in [1.54, 1.807) is 6.26 Å². The van der Waals surface area contributed by atoms with E-state index in [9.17, 15) is 4.21 Å². The Kier molecular flexibility index (Phi) is 7.30. The van der Waals surface area contributed by atoms with Gasteiger partial charge in [-0.1, -0.05) is 32.6 Å². The van der Waals surface area contributed by atoms with Gasteiger partial charge >= 0.3 is 0 Å². The number of hydrogen-bond donors (Lipinski definition) is 1. The van der Waals surface area contributed by atoms with Crippen molar-refractivity contribution >= 4 is 10.8 Å². The first-order chi connectivity index (χ1) is 7.70. The zero-order chi connectivity index (χ0) is 11.8. The summed E-state index contributed by atoms with van der Waals surface area (Å²) in [6.45, 7) is 4.27. The first-order valence-electron chi connectivity index (χ1n) is 6.73. The predicted molar refractivity (Wildman–Crippen MR) is 72.2 cm³/mol. The normalized spacial score (nSPS) is 22.6. The van der Waals surface area contributed by atoms with Crippen LogP contribution in [-0.4, -0.2) is 28.8 Å². The molecule has 1 saturated carbocycles. The highest BCUT2D eigenvalue weighted by Crippen LogP contribution is 2.21. The molecule has 0 aromatic carbocycles. The highest BCUT2D eigenvalue weighted by atomic mass is 32.2. The van der Waals surface area contributed by atoms with Crippen LogP contribution in [0.1, 0.15) is 51.9 Å². The Morgan fingerprint density at radius 3 is 2.44 bits per heavy atom. The second kappa shape index (κ2) is 8.24. The minimum absolute atomic E-state index is 0.335. The summed E-state index contributed by atoms with van der Waals surface area (Å²) in [7, 11) is -0.661. The predicted octanol–water partition coefficient (Wildman–Crippen LogP) is 2.70. The lowest BCUT2D eigenvalue weighted by molar-refractivity contribution is 0.424. The molecule has 0 aromatic heterocycles. The third-order valence-electron chi connectivity index (χ3n) is 3.70. The van der Waals surface area contributed by atoms with Gasteiger partial charge in [0.1, 0.15) is 0 Å². The Labute approximate surface area is 103 Å². The molecule has 0 amide bonds. The zero-order valence-electron chi connectivity index (χ0n) is 10.8. The molecule has 16 heavy (non-hydrogen) atoms. The average Bonchev–Trinajstić information content (AvgIpc) is 2.52. The summed E-state index contributed by atoms with van der Waals surface area (Å²) in [4.78, 5) is 0. The number of nitrogens with one attached hydrogen (secondary N) is 1. The minimum atomic E-state index is -0.661. The molecule has 2 nitrogen and oxygen atoms in total. The van der Waals surface area contributed by atoms with Crippen molar-refractivity contribution in [2.45, 2.75) is 57.1 Å². The summed E-state index contributed by atoms with van der Waals surface area (Å²) in [6.07, 6.45) is 11.4. The van der Waals surface area contributed by atoms with Crippen molar-refractivity contribution < 1.29 is 4.21 Å². The molecule has 0 heterocycles. The van der Waals surface area contributed by atoms with Crippen LogP contribution in [0.4, 0.5) is 0 Å². The lowest BCUT2D eigenvalue weighted by atomic mass is 10.0. The molecular formula is C13H27NOS. The molecule has 0 bridgehead atoms. The van der Waals surface area contributed by atoms with Gasteiger partial charge in [-0.05, 0) is 38.3 Å². The first kappa shape index (κ1) is 14.2. The van der Waals surface area contributed by atoms with Crippen molar-refractivity contribution in [2.24, 2.45) is 5.92 Å². The fourth-order valence-electron chi connectivity index (χ4n) is 2.35. The largest absolute Gasteiger partial charge is 0.316 e. The number of rotatable bonds is 6. The fourth-order valence-corrected chi connectivity index (χ4v) is 2.80. The maximum Gasteiger partial charge on any atom is 0.0329 e. The molecule has 1 rings (SSSR count). The highest BCUT2D eigenvalue weighted by Gasteiger charge is 2.12. The molecule has 2 unspecified atom stereocenters. The fraction of sp³-hybridized carbons (Fsp3) is 1.00. The summed E-state index contributed by atoms with van der Waals surface area (Å²) >= 11 is 0. The highest BCUT2D eigenvalue weighted by molar-refractivity contribution is 7.84. The van der Waals surface area contributed by atoms with E-state index in [1.165, 1.54) is 45.1 Å². The molecule has 3 heteroatoms. The van der Waals surface area contributed by atoms with Crippen molar-refractivity contribution in [3.63, 3.8) is 0 Å². The van der Waals surface area contributed by atoms with Crippen LogP contribution in [0, 0.1) is 5.92 Å². The average molecular weight is 245 g/mol. The van der Waals surface area contributed by atoms with Crippen LogP contribution >= 0.6 is 0 Å². The molecule has 2 atom stereocenters. The smallest absolute Gasteiger partial charge is 0.0329 e. The molecule has 0 aliphatic heterocycles. The van der Waals surface area contributed by atoms with Crippen LogP contribution in [0.25, 0.3) is 0 Å². The van der Waals surface area contributed by atoms with Crippen LogP contribution < -0.4 is 5.32 Å². The van der Waals surface area contributed by atoms with Crippen molar-refractivity contribution in [3.05, 3.63) is 0 Å². The van der Waals surface area contributed by atoms with Gasteiger partial charge in [-0.15, -0.1) is 0 Å². The van der Waals surface area contributed by atoms with Crippen molar-refractivity contribution in [1.29, 1.82) is 0 Å². The molecule has 1 N–H and O–H groups in total. The molecular weight excluding hydrogens is 218 g/mol. The van der Waals surface area contributed by atoms with Crippen LogP contribution in [0.5, 0.6) is 0 Å². The molecule has 0 radical (unpaired) electrons. The Hall–Kier alpha value is 0.110. The van der Waals surface area contributed by atoms with Crippen LogP contribution in [0.15, 0.2) is 0 Å². The van der Waals surface area contributed by atoms with E-state index in [0.29, 0.717) is 5.25 Å². The zero-order valence-corrected chi connectivity index (χ0v) is 11.7. The van der Waals surface area contributed by atoms with Crippen LogP contribution in [-0.2, 0) is 10.8 Å². The quantitative estimate of drug-likeness (QED) is 0.576. The van der Waals surface area contributed by atoms with Gasteiger partial charge in [0.15, 0.2) is 0 Å². The molecule has 0 saturated heterocycles. The molecule has 96 valence electrons. The summed E-state index contributed by atoms with van der Waals surface area (Å²) in [5, 5.41) is 3.87. The van der Waals surface area contributed by atoms with Gasteiger partial charge in [-0.3, -0.25) is 4.21 Å². The van der Waals surface area contributed by atoms with Crippen LogP contribution in [0.2, 0.25) is 0 Å². The van der Waals surface area contributed by atoms with Gasteiger partial charge in [0, 0.05) is 22.3 Å². The van der Waals surface area contributed by atoms with Gasteiger partial charge in [0.25, 0.3) is 0 Å². The maximum atomic E-state index is 11.2. The summed E-state index contributed by atoms with van der Waals surface area (Å²) in [6, 6.07) is 0. The van der Waals surface area contributed by atoms with E-state index >= 15 is 0 Å². The van der Waals surface area contributed by atoms with Gasteiger partial charge < -0.3 is 5.32 Å². The SMILES string of the molecule is CC(CCNCC1CCCCCC1)S(C)=O. The van der Waals surface area contributed by atoms with Crippen molar-refractivity contribution in [1.82, 2.24) is 5.32 Å². The van der Waals surface area contributed by atoms with Gasteiger partial charge in [0.05, 0.1) is 0 Å². The van der Waals surface area contributed by atoms with E-state index in [2.05, 4.69) is 12.2 Å². The standard InChI is InChI=1S/C13H27NOS/c1-12(16(2)15)9-10-14-11-13-7-5-3-4-6-8-13/h12-14H,3-11H2,1-2H3. The maximum absolute atomic E-state index is 11.2. The second-order valence-electron chi connectivity index (χ2n) is 5.16. The molecule has 1 aliphatic carbocycles. The van der Waals surface area contributed by atoms with E-state index in [0.717, 1.165) is 18.9 Å². The Morgan fingerprint density at radius 1 is 1.25 bits per heavy atom. The molecule has 1 fully saturated rings. The third kappa shape index (κ3) is 6.00. The van der Waals surface area contributed by atoms with E-state index in [-0.39, 0.29) is 0 Å². The van der Waals surface area contributed by atoms with E-state index < -0.39 is 10.8 Å². The van der Waals surface area contributed by atoms with Gasteiger partial charge in [-0.2, -0.15) is 0 Å². The molecule has 0 aromatic rings. The summed E-state index contributed by atoms with van der Waals surface area (Å²) < 4.78 is 11.2. The lowest BCUT2D eigenvalue weighted by Crippen LogP contribution is -2.26. The minimum Gasteiger partial charge on any atom is -0.316 e. The molecule has 1 aliphatic rings. The Balaban J connectivity index is 2.03. The molecule has 0 spiro atoms. The van der Waals surface area contributed by atoms with Gasteiger partial charge in [0.2, 0.25) is 0 Å². The Bertz CT molecular complexity index is 200. The lowest BCUT2D eigenvalue weighted by Gasteiger charge is -2.15. The van der Waals surface area contributed by atoms with E-state index in [1.807, 2.05) is 0 Å². The van der Waals surface area contributed by atoms with E-state index in [4.69, 9.17) is 0 Å². The second-order valence-corrected chi connectivity index (χ2v) is 6.96. The monoisotopic (exact) mass is 245 g/mol. The third-order valence-corrected chi connectivity index (χ3v) is 5.07.